The summed E-state index contributed by atoms with van der Waals surface area (Å²) < 4.78 is 3.87. The Morgan fingerprint density at radius 2 is 1.43 bits per heavy atom. The van der Waals surface area contributed by atoms with Crippen molar-refractivity contribution in [2.75, 3.05) is 0 Å². The standard InChI is InChI=1S/C6H6O8/c7-2(8)1-3(9)14-4(5(10)11)6(12)13/h4H,1H2,(H,7,8)(H,10,11)(H,12,13). The van der Waals surface area contributed by atoms with Gasteiger partial charge in [0, 0.05) is 0 Å². The molecule has 0 spiro atoms. The lowest BCUT2D eigenvalue weighted by molar-refractivity contribution is -0.176. The lowest BCUT2D eigenvalue weighted by Crippen LogP contribution is -2.35. The fourth-order valence-electron chi connectivity index (χ4n) is 0.503. The third kappa shape index (κ3) is 4.04. The molecular formula is C6H6O8. The summed E-state index contributed by atoms with van der Waals surface area (Å²) in [5.74, 6) is -6.72. The number of hydrogen-bond acceptors (Lipinski definition) is 5. The van der Waals surface area contributed by atoms with E-state index in [1.807, 2.05) is 0 Å². The first kappa shape index (κ1) is 11.9. The van der Waals surface area contributed by atoms with Gasteiger partial charge in [-0.25, -0.2) is 9.59 Å². The van der Waals surface area contributed by atoms with Crippen LogP contribution in [-0.2, 0) is 23.9 Å². The van der Waals surface area contributed by atoms with Gasteiger partial charge >= 0.3 is 23.9 Å². The second kappa shape index (κ2) is 4.80. The molecule has 0 aliphatic heterocycles. The average molecular weight is 206 g/mol. The molecule has 3 N–H and O–H groups in total. The molecule has 0 unspecified atom stereocenters. The smallest absolute Gasteiger partial charge is 0.356 e. The van der Waals surface area contributed by atoms with E-state index in [1.165, 1.54) is 0 Å². The third-order valence-electron chi connectivity index (χ3n) is 0.993. The van der Waals surface area contributed by atoms with Gasteiger partial charge in [0.05, 0.1) is 0 Å². The van der Waals surface area contributed by atoms with Crippen LogP contribution in [0.15, 0.2) is 0 Å². The second-order valence-electron chi connectivity index (χ2n) is 2.12. The molecule has 0 atom stereocenters. The summed E-state index contributed by atoms with van der Waals surface area (Å²) in [6.45, 7) is 0. The van der Waals surface area contributed by atoms with Crippen LogP contribution in [-0.4, -0.2) is 45.3 Å². The van der Waals surface area contributed by atoms with Crippen molar-refractivity contribution in [3.05, 3.63) is 0 Å². The number of esters is 1. The molecule has 0 heterocycles. The maximum atomic E-state index is 10.5. The lowest BCUT2D eigenvalue weighted by atomic mass is 10.3. The van der Waals surface area contributed by atoms with Crippen molar-refractivity contribution >= 4 is 23.9 Å². The van der Waals surface area contributed by atoms with Crippen molar-refractivity contribution in [2.45, 2.75) is 12.5 Å². The molecule has 0 rings (SSSR count). The van der Waals surface area contributed by atoms with Crippen LogP contribution < -0.4 is 0 Å². The normalized spacial score (nSPS) is 9.50. The zero-order valence-electron chi connectivity index (χ0n) is 6.67. The van der Waals surface area contributed by atoms with E-state index in [2.05, 4.69) is 4.74 Å². The van der Waals surface area contributed by atoms with Gasteiger partial charge in [0.15, 0.2) is 0 Å². The Balaban J connectivity index is 4.31. The summed E-state index contributed by atoms with van der Waals surface area (Å²) in [6, 6.07) is 0. The molecule has 0 fully saturated rings. The molecule has 0 amide bonds. The highest BCUT2D eigenvalue weighted by Crippen LogP contribution is 1.96. The van der Waals surface area contributed by atoms with E-state index in [9.17, 15) is 19.2 Å². The van der Waals surface area contributed by atoms with E-state index >= 15 is 0 Å². The van der Waals surface area contributed by atoms with Gasteiger partial charge in [-0.1, -0.05) is 0 Å². The minimum Gasteiger partial charge on any atom is -0.481 e. The van der Waals surface area contributed by atoms with Crippen LogP contribution in [0.1, 0.15) is 6.42 Å². The predicted molar refractivity (Wildman–Crippen MR) is 37.4 cm³/mol. The minimum absolute atomic E-state index is 1.09. The van der Waals surface area contributed by atoms with Crippen molar-refractivity contribution in [2.24, 2.45) is 0 Å². The first-order valence-electron chi connectivity index (χ1n) is 3.21. The molecule has 0 saturated carbocycles. The fraction of sp³-hybridized carbons (Fsp3) is 0.333. The van der Waals surface area contributed by atoms with Crippen LogP contribution in [0, 0.1) is 0 Å². The molecule has 14 heavy (non-hydrogen) atoms. The predicted octanol–water partition coefficient (Wildman–Crippen LogP) is -1.46. The Morgan fingerprint density at radius 3 is 1.71 bits per heavy atom. The molecular weight excluding hydrogens is 200 g/mol. The van der Waals surface area contributed by atoms with E-state index in [1.54, 1.807) is 0 Å². The van der Waals surface area contributed by atoms with E-state index in [-0.39, 0.29) is 0 Å². The summed E-state index contributed by atoms with van der Waals surface area (Å²) in [5.41, 5.74) is 0. The van der Waals surface area contributed by atoms with Crippen LogP contribution in [0.3, 0.4) is 0 Å². The lowest BCUT2D eigenvalue weighted by Gasteiger charge is -2.07. The Hall–Kier alpha value is -2.12. The zero-order valence-corrected chi connectivity index (χ0v) is 6.67. The molecule has 0 aromatic carbocycles. The number of ether oxygens (including phenoxy) is 1. The van der Waals surface area contributed by atoms with E-state index in [0.29, 0.717) is 0 Å². The maximum absolute atomic E-state index is 10.5. The molecule has 8 heteroatoms. The first-order chi connectivity index (χ1) is 6.34. The molecule has 0 radical (unpaired) electrons. The Bertz CT molecular complexity index is 266. The van der Waals surface area contributed by atoms with Gasteiger partial charge < -0.3 is 20.1 Å². The van der Waals surface area contributed by atoms with Gasteiger partial charge in [0.1, 0.15) is 6.42 Å². The van der Waals surface area contributed by atoms with Crippen molar-refractivity contribution in [3.8, 4) is 0 Å². The van der Waals surface area contributed by atoms with E-state index in [4.69, 9.17) is 15.3 Å². The fourth-order valence-corrected chi connectivity index (χ4v) is 0.503. The van der Waals surface area contributed by atoms with Crippen molar-refractivity contribution in [1.29, 1.82) is 0 Å². The Kier molecular flexibility index (Phi) is 4.07. The van der Waals surface area contributed by atoms with Crippen LogP contribution in [0.5, 0.6) is 0 Å². The first-order valence-corrected chi connectivity index (χ1v) is 3.21. The van der Waals surface area contributed by atoms with Crippen molar-refractivity contribution in [1.82, 2.24) is 0 Å². The van der Waals surface area contributed by atoms with Crippen molar-refractivity contribution in [3.63, 3.8) is 0 Å². The second-order valence-corrected chi connectivity index (χ2v) is 2.12. The molecule has 78 valence electrons. The van der Waals surface area contributed by atoms with E-state index in [0.717, 1.165) is 0 Å². The summed E-state index contributed by atoms with van der Waals surface area (Å²) >= 11 is 0. The number of carbonyl (C=O) groups excluding carboxylic acids is 1. The summed E-state index contributed by atoms with van der Waals surface area (Å²) in [7, 11) is 0. The number of carboxylic acids is 3. The average Bonchev–Trinajstić information content (AvgIpc) is 1.97. The SMILES string of the molecule is O=C(O)CC(=O)OC(C(=O)O)C(=O)O. The number of carboxylic acid groups (broad SMARTS) is 3. The van der Waals surface area contributed by atoms with Gasteiger partial charge in [-0.15, -0.1) is 0 Å². The highest BCUT2D eigenvalue weighted by molar-refractivity contribution is 5.99. The highest BCUT2D eigenvalue weighted by atomic mass is 16.6. The van der Waals surface area contributed by atoms with Crippen LogP contribution in [0.25, 0.3) is 0 Å². The summed E-state index contributed by atoms with van der Waals surface area (Å²) in [6.07, 6.45) is -3.46. The van der Waals surface area contributed by atoms with Crippen LogP contribution in [0.4, 0.5) is 0 Å². The summed E-state index contributed by atoms with van der Waals surface area (Å²) in [4.78, 5) is 40.8. The van der Waals surface area contributed by atoms with Gasteiger partial charge in [-0.3, -0.25) is 9.59 Å². The van der Waals surface area contributed by atoms with Crippen LogP contribution >= 0.6 is 0 Å². The molecule has 0 aromatic heterocycles. The van der Waals surface area contributed by atoms with Gasteiger partial charge in [-0.05, 0) is 0 Å². The van der Waals surface area contributed by atoms with Crippen molar-refractivity contribution < 1.29 is 39.2 Å². The monoisotopic (exact) mass is 206 g/mol. The molecule has 0 aliphatic carbocycles. The minimum atomic E-state index is -2.37. The highest BCUT2D eigenvalue weighted by Gasteiger charge is 2.30. The van der Waals surface area contributed by atoms with Crippen LogP contribution in [0.2, 0.25) is 0 Å². The third-order valence-corrected chi connectivity index (χ3v) is 0.993. The van der Waals surface area contributed by atoms with E-state index < -0.39 is 36.4 Å². The summed E-state index contributed by atoms with van der Waals surface area (Å²) in [5, 5.41) is 24.5. The molecule has 0 bridgehead atoms. The van der Waals surface area contributed by atoms with Gasteiger partial charge in [0.2, 0.25) is 0 Å². The largest absolute Gasteiger partial charge is 0.481 e. The zero-order chi connectivity index (χ0) is 11.3. The quantitative estimate of drug-likeness (QED) is 0.366. The molecule has 0 aromatic rings. The number of aliphatic carboxylic acids is 3. The molecule has 0 saturated heterocycles. The number of rotatable bonds is 5. The molecule has 8 nitrogen and oxygen atoms in total. The van der Waals surface area contributed by atoms with Gasteiger partial charge in [0.25, 0.3) is 6.10 Å². The molecule has 0 aliphatic rings. The topological polar surface area (TPSA) is 138 Å². The Labute approximate surface area is 76.7 Å². The van der Waals surface area contributed by atoms with Gasteiger partial charge in [-0.2, -0.15) is 0 Å². The maximum Gasteiger partial charge on any atom is 0.356 e. The number of hydrogen-bond donors (Lipinski definition) is 3. The Morgan fingerprint density at radius 1 is 1.00 bits per heavy atom. The number of carbonyl (C=O) groups is 4.